The van der Waals surface area contributed by atoms with Crippen LogP contribution in [0.15, 0.2) is 11.1 Å². The van der Waals surface area contributed by atoms with E-state index in [9.17, 15) is 0 Å². The molecule has 0 bridgehead atoms. The molecule has 0 saturated carbocycles. The molecule has 1 heterocycles. The van der Waals surface area contributed by atoms with Crippen LogP contribution in [0.1, 0.15) is 25.7 Å². The van der Waals surface area contributed by atoms with E-state index in [4.69, 9.17) is 10.8 Å². The second-order valence-electron chi connectivity index (χ2n) is 3.42. The quantitative estimate of drug-likeness (QED) is 0.561. The molecule has 2 rings (SSSR count). The van der Waals surface area contributed by atoms with Gasteiger partial charge in [-0.25, -0.2) is 0 Å². The van der Waals surface area contributed by atoms with Crippen LogP contribution in [0.5, 0.6) is 0 Å². The lowest BCUT2D eigenvalue weighted by Gasteiger charge is -2.10. The van der Waals surface area contributed by atoms with Crippen molar-refractivity contribution in [1.29, 1.82) is 10.8 Å². The van der Waals surface area contributed by atoms with Crippen LogP contribution in [0.25, 0.3) is 0 Å². The number of hydrogen-bond acceptors (Lipinski definition) is 2. The number of nitrogens with zero attached hydrogens (tertiary/aromatic N) is 1. The Hall–Kier alpha value is -1.12. The highest BCUT2D eigenvalue weighted by molar-refractivity contribution is 6.21. The van der Waals surface area contributed by atoms with Crippen molar-refractivity contribution < 1.29 is 0 Å². The predicted molar refractivity (Wildman–Crippen MR) is 48.7 cm³/mol. The Labute approximate surface area is 72.1 Å². The zero-order valence-corrected chi connectivity index (χ0v) is 7.28. The van der Waals surface area contributed by atoms with Crippen molar-refractivity contribution in [3.05, 3.63) is 11.1 Å². The first kappa shape index (κ1) is 7.53. The molecule has 2 aliphatic rings. The Morgan fingerprint density at radius 2 is 1.42 bits per heavy atom. The number of nitrogens with one attached hydrogen (secondary N) is 2. The lowest BCUT2D eigenvalue weighted by molar-refractivity contribution is 0.706. The summed E-state index contributed by atoms with van der Waals surface area (Å²) in [6.45, 7) is 0. The molecule has 3 nitrogen and oxygen atoms in total. The lowest BCUT2D eigenvalue weighted by Crippen LogP contribution is -2.25. The molecule has 0 fully saturated rings. The summed E-state index contributed by atoms with van der Waals surface area (Å²) < 4.78 is 0. The third-order valence-electron chi connectivity index (χ3n) is 2.71. The van der Waals surface area contributed by atoms with Gasteiger partial charge < -0.3 is 4.90 Å². The van der Waals surface area contributed by atoms with Gasteiger partial charge in [0, 0.05) is 18.2 Å². The van der Waals surface area contributed by atoms with Crippen LogP contribution in [0.2, 0.25) is 0 Å². The van der Waals surface area contributed by atoms with Gasteiger partial charge in [0.2, 0.25) is 0 Å². The van der Waals surface area contributed by atoms with E-state index in [0.29, 0.717) is 11.7 Å². The van der Waals surface area contributed by atoms with Gasteiger partial charge in [-0.15, -0.1) is 0 Å². The molecule has 2 N–H and O–H groups in total. The number of rotatable bonds is 0. The summed E-state index contributed by atoms with van der Waals surface area (Å²) in [6.07, 6.45) is 4.37. The monoisotopic (exact) mass is 163 g/mol. The van der Waals surface area contributed by atoms with Gasteiger partial charge >= 0.3 is 0 Å². The Morgan fingerprint density at radius 3 is 1.83 bits per heavy atom. The van der Waals surface area contributed by atoms with E-state index in [0.717, 1.165) is 24.0 Å². The van der Waals surface area contributed by atoms with E-state index >= 15 is 0 Å². The first-order valence-electron chi connectivity index (χ1n) is 4.35. The minimum absolute atomic E-state index is 0.551. The standard InChI is InChI=1S/C9H13N3/c1-12-8(10)6-4-2-3-5-7(6)9(12)11/h10-11H,2-5H2,1H3. The zero-order chi connectivity index (χ0) is 8.72. The molecule has 0 radical (unpaired) electrons. The van der Waals surface area contributed by atoms with Crippen molar-refractivity contribution in [1.82, 2.24) is 4.90 Å². The highest BCUT2D eigenvalue weighted by Crippen LogP contribution is 2.32. The molecule has 3 heteroatoms. The van der Waals surface area contributed by atoms with Gasteiger partial charge in [-0.05, 0) is 25.7 Å². The van der Waals surface area contributed by atoms with E-state index in [1.807, 2.05) is 7.05 Å². The Bertz CT molecular complexity index is 260. The van der Waals surface area contributed by atoms with Crippen molar-refractivity contribution in [2.75, 3.05) is 7.05 Å². The lowest BCUT2D eigenvalue weighted by atomic mass is 9.93. The van der Waals surface area contributed by atoms with Crippen LogP contribution in [0.3, 0.4) is 0 Å². The number of likely N-dealkylation sites (N-methyl/N-ethyl adjacent to an activating group) is 1. The average molecular weight is 163 g/mol. The maximum absolute atomic E-state index is 7.74. The Balaban J connectivity index is 2.41. The average Bonchev–Trinajstić information content (AvgIpc) is 2.33. The fraction of sp³-hybridized carbons (Fsp3) is 0.556. The summed E-state index contributed by atoms with van der Waals surface area (Å²) in [6, 6.07) is 0. The molecule has 0 aromatic carbocycles. The zero-order valence-electron chi connectivity index (χ0n) is 7.28. The molecule has 0 aromatic heterocycles. The van der Waals surface area contributed by atoms with E-state index in [1.54, 1.807) is 4.90 Å². The molecule has 0 atom stereocenters. The summed E-state index contributed by atoms with van der Waals surface area (Å²) in [5.74, 6) is 1.10. The third-order valence-corrected chi connectivity index (χ3v) is 2.71. The highest BCUT2D eigenvalue weighted by Gasteiger charge is 2.30. The summed E-state index contributed by atoms with van der Waals surface area (Å²) in [5.41, 5.74) is 2.24. The molecule has 0 spiro atoms. The van der Waals surface area contributed by atoms with Gasteiger partial charge in [-0.2, -0.15) is 0 Å². The van der Waals surface area contributed by atoms with Crippen LogP contribution in [-0.2, 0) is 0 Å². The predicted octanol–water partition coefficient (Wildman–Crippen LogP) is 1.76. The first-order valence-corrected chi connectivity index (χ1v) is 4.35. The van der Waals surface area contributed by atoms with Gasteiger partial charge in [-0.3, -0.25) is 10.8 Å². The van der Waals surface area contributed by atoms with Gasteiger partial charge in [0.05, 0.1) is 0 Å². The van der Waals surface area contributed by atoms with E-state index < -0.39 is 0 Å². The second kappa shape index (κ2) is 2.44. The van der Waals surface area contributed by atoms with E-state index in [2.05, 4.69) is 0 Å². The van der Waals surface area contributed by atoms with Crippen LogP contribution in [0.4, 0.5) is 0 Å². The summed E-state index contributed by atoms with van der Waals surface area (Å²) in [7, 11) is 1.81. The molecular weight excluding hydrogens is 150 g/mol. The molecule has 0 aromatic rings. The van der Waals surface area contributed by atoms with E-state index in [1.165, 1.54) is 12.8 Å². The normalized spacial score (nSPS) is 23.6. The van der Waals surface area contributed by atoms with Crippen LogP contribution >= 0.6 is 0 Å². The highest BCUT2D eigenvalue weighted by atomic mass is 15.2. The van der Waals surface area contributed by atoms with Crippen LogP contribution in [0, 0.1) is 10.8 Å². The van der Waals surface area contributed by atoms with Gasteiger partial charge in [-0.1, -0.05) is 0 Å². The molecule has 0 amide bonds. The number of hydrogen-bond donors (Lipinski definition) is 2. The molecular formula is C9H13N3. The minimum atomic E-state index is 0.551. The molecule has 0 saturated heterocycles. The van der Waals surface area contributed by atoms with Crippen LogP contribution in [-0.4, -0.2) is 23.6 Å². The van der Waals surface area contributed by atoms with Gasteiger partial charge in [0.1, 0.15) is 11.7 Å². The molecule has 0 unspecified atom stereocenters. The maximum atomic E-state index is 7.74. The van der Waals surface area contributed by atoms with E-state index in [-0.39, 0.29) is 0 Å². The third kappa shape index (κ3) is 0.823. The minimum Gasteiger partial charge on any atom is -0.315 e. The Morgan fingerprint density at radius 1 is 1.00 bits per heavy atom. The van der Waals surface area contributed by atoms with Crippen molar-refractivity contribution >= 4 is 11.7 Å². The first-order chi connectivity index (χ1) is 5.72. The fourth-order valence-electron chi connectivity index (χ4n) is 1.94. The van der Waals surface area contributed by atoms with Gasteiger partial charge in [0.15, 0.2) is 0 Å². The summed E-state index contributed by atoms with van der Waals surface area (Å²) in [4.78, 5) is 1.68. The number of amidine groups is 2. The van der Waals surface area contributed by atoms with Crippen molar-refractivity contribution in [3.8, 4) is 0 Å². The smallest absolute Gasteiger partial charge is 0.129 e. The van der Waals surface area contributed by atoms with Crippen molar-refractivity contribution in [2.45, 2.75) is 25.7 Å². The SMILES string of the molecule is CN1C(=N)C2=C(CCCC2)C1=N. The molecule has 1 aliphatic carbocycles. The topological polar surface area (TPSA) is 50.9 Å². The molecule has 1 aliphatic heterocycles. The second-order valence-corrected chi connectivity index (χ2v) is 3.42. The summed E-state index contributed by atoms with van der Waals surface area (Å²) in [5, 5.41) is 15.5. The van der Waals surface area contributed by atoms with Crippen molar-refractivity contribution in [2.24, 2.45) is 0 Å². The Kier molecular flexibility index (Phi) is 1.53. The molecule has 12 heavy (non-hydrogen) atoms. The van der Waals surface area contributed by atoms with Crippen LogP contribution < -0.4 is 0 Å². The fourth-order valence-corrected chi connectivity index (χ4v) is 1.94. The largest absolute Gasteiger partial charge is 0.315 e. The molecule has 64 valence electrons. The van der Waals surface area contributed by atoms with Gasteiger partial charge in [0.25, 0.3) is 0 Å². The maximum Gasteiger partial charge on any atom is 0.129 e. The summed E-state index contributed by atoms with van der Waals surface area (Å²) >= 11 is 0. The van der Waals surface area contributed by atoms with Crippen molar-refractivity contribution in [3.63, 3.8) is 0 Å².